The van der Waals surface area contributed by atoms with E-state index in [1.807, 2.05) is 49.4 Å². The number of aryl methyl sites for hydroxylation is 1. The molecule has 0 spiro atoms. The zero-order chi connectivity index (χ0) is 17.4. The molecule has 126 valence electrons. The van der Waals surface area contributed by atoms with Crippen molar-refractivity contribution in [3.63, 3.8) is 0 Å². The Kier molecular flexibility index (Phi) is 6.58. The molecular formula is C20H22O4. The molecule has 0 fully saturated rings. The fourth-order valence-electron chi connectivity index (χ4n) is 2.35. The van der Waals surface area contributed by atoms with Crippen LogP contribution in [0.15, 0.2) is 54.6 Å². The number of esters is 1. The summed E-state index contributed by atoms with van der Waals surface area (Å²) in [4.78, 5) is 11.5. The molecule has 0 bridgehead atoms. The molecule has 0 heterocycles. The number of carbonyl (C=O) groups is 1. The van der Waals surface area contributed by atoms with E-state index in [1.165, 1.54) is 6.08 Å². The van der Waals surface area contributed by atoms with Gasteiger partial charge in [0.15, 0.2) is 0 Å². The maximum absolute atomic E-state index is 11.5. The number of rotatable bonds is 7. The highest BCUT2D eigenvalue weighted by Crippen LogP contribution is 2.27. The Labute approximate surface area is 142 Å². The van der Waals surface area contributed by atoms with E-state index in [0.717, 1.165) is 22.3 Å². The first-order valence-electron chi connectivity index (χ1n) is 7.87. The monoisotopic (exact) mass is 326 g/mol. The van der Waals surface area contributed by atoms with Gasteiger partial charge in [-0.1, -0.05) is 42.0 Å². The van der Waals surface area contributed by atoms with Gasteiger partial charge in [-0.25, -0.2) is 4.79 Å². The highest BCUT2D eigenvalue weighted by molar-refractivity contribution is 5.82. The summed E-state index contributed by atoms with van der Waals surface area (Å²) in [6.07, 6.45) is 3.06. The molecule has 0 aromatic heterocycles. The van der Waals surface area contributed by atoms with E-state index < -0.39 is 0 Å². The van der Waals surface area contributed by atoms with E-state index in [9.17, 15) is 4.79 Å². The van der Waals surface area contributed by atoms with Crippen LogP contribution in [0.25, 0.3) is 11.1 Å². The smallest absolute Gasteiger partial charge is 0.330 e. The third kappa shape index (κ3) is 4.96. The summed E-state index contributed by atoms with van der Waals surface area (Å²) in [6, 6.07) is 13.7. The lowest BCUT2D eigenvalue weighted by atomic mass is 9.98. The number of ether oxygens (including phenoxy) is 2. The van der Waals surface area contributed by atoms with Crippen molar-refractivity contribution in [3.05, 3.63) is 65.7 Å². The first-order chi connectivity index (χ1) is 11.6. The van der Waals surface area contributed by atoms with Crippen LogP contribution in [0.5, 0.6) is 5.75 Å². The van der Waals surface area contributed by atoms with Gasteiger partial charge in [-0.3, -0.25) is 0 Å². The predicted molar refractivity (Wildman–Crippen MR) is 93.8 cm³/mol. The maximum Gasteiger partial charge on any atom is 0.330 e. The molecule has 1 N–H and O–H groups in total. The van der Waals surface area contributed by atoms with Gasteiger partial charge < -0.3 is 14.6 Å². The summed E-state index contributed by atoms with van der Waals surface area (Å²) in [5.74, 6) is 0.360. The molecule has 4 nitrogen and oxygen atoms in total. The molecule has 0 aliphatic carbocycles. The summed E-state index contributed by atoms with van der Waals surface area (Å²) >= 11 is 0. The van der Waals surface area contributed by atoms with Gasteiger partial charge >= 0.3 is 5.97 Å². The largest absolute Gasteiger partial charge is 0.491 e. The fourth-order valence-corrected chi connectivity index (χ4v) is 2.35. The van der Waals surface area contributed by atoms with E-state index >= 15 is 0 Å². The molecule has 24 heavy (non-hydrogen) atoms. The first kappa shape index (κ1) is 17.8. The minimum absolute atomic E-state index is 0.0125. The fraction of sp³-hybridized carbons (Fsp3) is 0.250. The van der Waals surface area contributed by atoms with Crippen molar-refractivity contribution in [2.75, 3.05) is 13.2 Å². The second-order valence-corrected chi connectivity index (χ2v) is 5.36. The van der Waals surface area contributed by atoms with Crippen LogP contribution in [0.2, 0.25) is 0 Å². The van der Waals surface area contributed by atoms with Crippen molar-refractivity contribution in [1.29, 1.82) is 0 Å². The molecule has 4 heteroatoms. The quantitative estimate of drug-likeness (QED) is 0.623. The average molecular weight is 326 g/mol. The van der Waals surface area contributed by atoms with Crippen LogP contribution in [-0.2, 0) is 16.1 Å². The van der Waals surface area contributed by atoms with Gasteiger partial charge in [0, 0.05) is 6.08 Å². The Morgan fingerprint density at radius 3 is 2.58 bits per heavy atom. The molecular weight excluding hydrogens is 304 g/mol. The SMILES string of the molecule is C/C=C/C(=O)OCc1cc(C)ccc1-c1ccc(OCCO)cc1. The van der Waals surface area contributed by atoms with Crippen molar-refractivity contribution >= 4 is 5.97 Å². The third-order valence-electron chi connectivity index (χ3n) is 3.46. The van der Waals surface area contributed by atoms with Gasteiger partial charge in [0.05, 0.1) is 6.61 Å². The van der Waals surface area contributed by atoms with Crippen molar-refractivity contribution in [3.8, 4) is 16.9 Å². The topological polar surface area (TPSA) is 55.8 Å². The Balaban J connectivity index is 2.21. The zero-order valence-corrected chi connectivity index (χ0v) is 14.0. The number of benzene rings is 2. The standard InChI is InChI=1S/C20H22O4/c1-3-4-20(22)24-14-17-13-15(2)5-10-19(17)16-6-8-18(9-7-16)23-12-11-21/h3-10,13,21H,11-12,14H2,1-2H3/b4-3+. The Bertz CT molecular complexity index is 702. The van der Waals surface area contributed by atoms with Crippen LogP contribution < -0.4 is 4.74 Å². The van der Waals surface area contributed by atoms with Gasteiger partial charge in [-0.05, 0) is 42.7 Å². The van der Waals surface area contributed by atoms with E-state index in [2.05, 4.69) is 0 Å². The van der Waals surface area contributed by atoms with E-state index in [1.54, 1.807) is 13.0 Å². The predicted octanol–water partition coefficient (Wildman–Crippen LogP) is 3.65. The average Bonchev–Trinajstić information content (AvgIpc) is 2.59. The summed E-state index contributed by atoms with van der Waals surface area (Å²) in [5, 5.41) is 8.79. The molecule has 0 atom stereocenters. The van der Waals surface area contributed by atoms with Crippen molar-refractivity contribution in [1.82, 2.24) is 0 Å². The third-order valence-corrected chi connectivity index (χ3v) is 3.46. The van der Waals surface area contributed by atoms with Crippen LogP contribution >= 0.6 is 0 Å². The summed E-state index contributed by atoms with van der Waals surface area (Å²) in [6.45, 7) is 4.27. The molecule has 0 saturated heterocycles. The molecule has 0 unspecified atom stereocenters. The molecule has 0 radical (unpaired) electrons. The molecule has 0 saturated carbocycles. The van der Waals surface area contributed by atoms with Gasteiger partial charge in [0.25, 0.3) is 0 Å². The number of allylic oxidation sites excluding steroid dienone is 1. The zero-order valence-electron chi connectivity index (χ0n) is 14.0. The summed E-state index contributed by atoms with van der Waals surface area (Å²) in [5.41, 5.74) is 4.10. The molecule has 0 aliphatic rings. The Morgan fingerprint density at radius 2 is 1.92 bits per heavy atom. The van der Waals surface area contributed by atoms with Crippen LogP contribution in [0.1, 0.15) is 18.1 Å². The summed E-state index contributed by atoms with van der Waals surface area (Å²) < 4.78 is 10.7. The molecule has 2 rings (SSSR count). The molecule has 2 aromatic rings. The normalized spacial score (nSPS) is 10.8. The second-order valence-electron chi connectivity index (χ2n) is 5.36. The Hall–Kier alpha value is -2.59. The second kappa shape index (κ2) is 8.89. The van der Waals surface area contributed by atoms with Gasteiger partial charge in [-0.2, -0.15) is 0 Å². The number of hydrogen-bond acceptors (Lipinski definition) is 4. The van der Waals surface area contributed by atoms with E-state index in [4.69, 9.17) is 14.6 Å². The minimum Gasteiger partial charge on any atom is -0.491 e. The number of carbonyl (C=O) groups excluding carboxylic acids is 1. The summed E-state index contributed by atoms with van der Waals surface area (Å²) in [7, 11) is 0. The molecule has 0 aliphatic heterocycles. The molecule has 2 aromatic carbocycles. The highest BCUT2D eigenvalue weighted by atomic mass is 16.5. The van der Waals surface area contributed by atoms with Crippen molar-refractivity contribution in [2.45, 2.75) is 20.5 Å². The van der Waals surface area contributed by atoms with Gasteiger partial charge in [-0.15, -0.1) is 0 Å². The van der Waals surface area contributed by atoms with Crippen LogP contribution in [0, 0.1) is 6.92 Å². The van der Waals surface area contributed by atoms with Crippen LogP contribution in [-0.4, -0.2) is 24.3 Å². The van der Waals surface area contributed by atoms with Crippen LogP contribution in [0.4, 0.5) is 0 Å². The number of hydrogen-bond donors (Lipinski definition) is 1. The lowest BCUT2D eigenvalue weighted by Gasteiger charge is -2.12. The van der Waals surface area contributed by atoms with Crippen molar-refractivity contribution < 1.29 is 19.4 Å². The first-order valence-corrected chi connectivity index (χ1v) is 7.87. The lowest BCUT2D eigenvalue weighted by molar-refractivity contribution is -0.139. The van der Waals surface area contributed by atoms with Gasteiger partial charge in [0.1, 0.15) is 19.0 Å². The molecule has 0 amide bonds. The van der Waals surface area contributed by atoms with Crippen LogP contribution in [0.3, 0.4) is 0 Å². The maximum atomic E-state index is 11.5. The minimum atomic E-state index is -0.349. The lowest BCUT2D eigenvalue weighted by Crippen LogP contribution is -2.03. The van der Waals surface area contributed by atoms with E-state index in [-0.39, 0.29) is 25.8 Å². The van der Waals surface area contributed by atoms with Crippen molar-refractivity contribution in [2.24, 2.45) is 0 Å². The number of aliphatic hydroxyl groups is 1. The van der Waals surface area contributed by atoms with Gasteiger partial charge in [0.2, 0.25) is 0 Å². The van der Waals surface area contributed by atoms with E-state index in [0.29, 0.717) is 5.75 Å². The number of aliphatic hydroxyl groups excluding tert-OH is 1. The Morgan fingerprint density at radius 1 is 1.17 bits per heavy atom. The highest BCUT2D eigenvalue weighted by Gasteiger charge is 2.08.